The third kappa shape index (κ3) is 3.96. The first-order valence-corrected chi connectivity index (χ1v) is 9.91. The largest absolute Gasteiger partial charge is 0.443 e. The average molecular weight is 388 g/mol. The quantitative estimate of drug-likeness (QED) is 0.657. The summed E-state index contributed by atoms with van der Waals surface area (Å²) in [7, 11) is 0. The Morgan fingerprint density at radius 1 is 1.21 bits per heavy atom. The highest BCUT2D eigenvalue weighted by Crippen LogP contribution is 2.25. The van der Waals surface area contributed by atoms with Gasteiger partial charge in [-0.3, -0.25) is 14.3 Å². The van der Waals surface area contributed by atoms with Gasteiger partial charge in [-0.05, 0) is 43.0 Å². The van der Waals surface area contributed by atoms with Crippen LogP contribution in [-0.4, -0.2) is 35.0 Å². The van der Waals surface area contributed by atoms with Gasteiger partial charge in [-0.25, -0.2) is 0 Å². The van der Waals surface area contributed by atoms with Gasteiger partial charge in [0, 0.05) is 38.6 Å². The molecule has 148 valence electrons. The number of hydrogen-bond donors (Lipinski definition) is 1. The standard InChI is InChI=1S/C23H24N4O2/c1-17-21(20(15-24)23(29-17)27-12-4-5-13-27)22(28)25-10-6-11-26-14-9-18-7-2-3-8-19(18)16-26/h2-5,7-8,12-13H,6,9-11,14,16H2,1H3,(H,25,28). The van der Waals surface area contributed by atoms with Crippen molar-refractivity contribution in [3.8, 4) is 12.0 Å². The number of nitrogens with one attached hydrogen (secondary N) is 1. The molecule has 1 amide bonds. The smallest absolute Gasteiger partial charge is 0.256 e. The number of aryl methyl sites for hydroxylation is 1. The summed E-state index contributed by atoms with van der Waals surface area (Å²) < 4.78 is 7.41. The first-order valence-electron chi connectivity index (χ1n) is 9.91. The van der Waals surface area contributed by atoms with Gasteiger partial charge < -0.3 is 9.73 Å². The summed E-state index contributed by atoms with van der Waals surface area (Å²) in [5, 5.41) is 12.5. The monoisotopic (exact) mass is 388 g/mol. The van der Waals surface area contributed by atoms with E-state index < -0.39 is 0 Å². The van der Waals surface area contributed by atoms with Crippen LogP contribution in [-0.2, 0) is 13.0 Å². The van der Waals surface area contributed by atoms with Gasteiger partial charge >= 0.3 is 0 Å². The van der Waals surface area contributed by atoms with Gasteiger partial charge in [0.1, 0.15) is 23.0 Å². The van der Waals surface area contributed by atoms with E-state index in [0.29, 0.717) is 23.8 Å². The number of hydrogen-bond acceptors (Lipinski definition) is 4. The normalized spacial score (nSPS) is 13.7. The van der Waals surface area contributed by atoms with Crippen molar-refractivity contribution >= 4 is 5.91 Å². The number of amides is 1. The highest BCUT2D eigenvalue weighted by atomic mass is 16.4. The van der Waals surface area contributed by atoms with Crippen LogP contribution < -0.4 is 5.32 Å². The summed E-state index contributed by atoms with van der Waals surface area (Å²) in [5.41, 5.74) is 3.43. The van der Waals surface area contributed by atoms with Crippen molar-refractivity contribution in [2.24, 2.45) is 0 Å². The molecule has 3 heterocycles. The van der Waals surface area contributed by atoms with Gasteiger partial charge in [-0.2, -0.15) is 5.26 Å². The van der Waals surface area contributed by atoms with Crippen LogP contribution in [0.15, 0.2) is 53.2 Å². The number of furan rings is 1. The number of nitrogens with zero attached hydrogens (tertiary/aromatic N) is 3. The molecule has 0 saturated heterocycles. The molecule has 0 spiro atoms. The minimum atomic E-state index is -0.259. The number of fused-ring (bicyclic) bond motifs is 1. The Kier molecular flexibility index (Phi) is 5.50. The topological polar surface area (TPSA) is 74.2 Å². The molecule has 1 aromatic carbocycles. The lowest BCUT2D eigenvalue weighted by atomic mass is 10.00. The minimum absolute atomic E-state index is 0.259. The Morgan fingerprint density at radius 3 is 2.72 bits per heavy atom. The van der Waals surface area contributed by atoms with Crippen molar-refractivity contribution in [2.75, 3.05) is 19.6 Å². The Bertz CT molecular complexity index is 1040. The zero-order chi connectivity index (χ0) is 20.2. The zero-order valence-electron chi connectivity index (χ0n) is 16.5. The molecule has 1 N–H and O–H groups in total. The van der Waals surface area contributed by atoms with Crippen molar-refractivity contribution in [1.82, 2.24) is 14.8 Å². The Morgan fingerprint density at radius 2 is 1.97 bits per heavy atom. The van der Waals surface area contributed by atoms with Crippen LogP contribution in [0.2, 0.25) is 0 Å². The molecular formula is C23H24N4O2. The number of aromatic nitrogens is 1. The number of carbonyl (C=O) groups is 1. The van der Waals surface area contributed by atoms with E-state index >= 15 is 0 Å². The molecule has 6 heteroatoms. The minimum Gasteiger partial charge on any atom is -0.443 e. The van der Waals surface area contributed by atoms with Crippen LogP contribution in [0.3, 0.4) is 0 Å². The Labute approximate surface area is 170 Å². The van der Waals surface area contributed by atoms with Crippen molar-refractivity contribution in [3.05, 3.63) is 76.8 Å². The van der Waals surface area contributed by atoms with E-state index in [1.54, 1.807) is 23.9 Å². The predicted molar refractivity (Wildman–Crippen MR) is 110 cm³/mol. The molecule has 1 aliphatic heterocycles. The molecule has 0 atom stereocenters. The summed E-state index contributed by atoms with van der Waals surface area (Å²) in [4.78, 5) is 15.1. The van der Waals surface area contributed by atoms with E-state index in [9.17, 15) is 10.1 Å². The maximum atomic E-state index is 12.7. The van der Waals surface area contributed by atoms with E-state index in [-0.39, 0.29) is 11.5 Å². The third-order valence-electron chi connectivity index (χ3n) is 5.39. The molecular weight excluding hydrogens is 364 g/mol. The van der Waals surface area contributed by atoms with Gasteiger partial charge in [-0.1, -0.05) is 24.3 Å². The van der Waals surface area contributed by atoms with Gasteiger partial charge in [0.15, 0.2) is 0 Å². The van der Waals surface area contributed by atoms with Crippen LogP contribution >= 0.6 is 0 Å². The summed E-state index contributed by atoms with van der Waals surface area (Å²) in [6.07, 6.45) is 5.51. The van der Waals surface area contributed by atoms with Crippen LogP contribution in [0.4, 0.5) is 0 Å². The Hall–Kier alpha value is -3.30. The van der Waals surface area contributed by atoms with Crippen molar-refractivity contribution in [1.29, 1.82) is 5.26 Å². The highest BCUT2D eigenvalue weighted by Gasteiger charge is 2.24. The fraction of sp³-hybridized carbons (Fsp3) is 0.304. The summed E-state index contributed by atoms with van der Waals surface area (Å²) >= 11 is 0. The van der Waals surface area contributed by atoms with Crippen molar-refractivity contribution < 1.29 is 9.21 Å². The van der Waals surface area contributed by atoms with Gasteiger partial charge in [0.25, 0.3) is 5.91 Å². The second-order valence-electron chi connectivity index (χ2n) is 7.32. The van der Waals surface area contributed by atoms with E-state index in [1.165, 1.54) is 11.1 Å². The maximum Gasteiger partial charge on any atom is 0.256 e. The van der Waals surface area contributed by atoms with Crippen LogP contribution in [0, 0.1) is 18.3 Å². The fourth-order valence-corrected chi connectivity index (χ4v) is 3.90. The zero-order valence-corrected chi connectivity index (χ0v) is 16.5. The molecule has 0 fully saturated rings. The van der Waals surface area contributed by atoms with E-state index in [4.69, 9.17) is 4.42 Å². The third-order valence-corrected chi connectivity index (χ3v) is 5.39. The van der Waals surface area contributed by atoms with Crippen molar-refractivity contribution in [3.63, 3.8) is 0 Å². The molecule has 0 bridgehead atoms. The van der Waals surface area contributed by atoms with E-state index in [2.05, 4.69) is 40.6 Å². The van der Waals surface area contributed by atoms with Crippen LogP contribution in [0.5, 0.6) is 0 Å². The molecule has 4 rings (SSSR count). The molecule has 2 aromatic heterocycles. The lowest BCUT2D eigenvalue weighted by molar-refractivity contribution is 0.0949. The van der Waals surface area contributed by atoms with Gasteiger partial charge in [0.05, 0.1) is 0 Å². The van der Waals surface area contributed by atoms with Gasteiger partial charge in [0.2, 0.25) is 5.88 Å². The molecule has 0 radical (unpaired) electrons. The summed E-state index contributed by atoms with van der Waals surface area (Å²) in [6.45, 7) is 5.21. The second-order valence-corrected chi connectivity index (χ2v) is 7.32. The second kappa shape index (κ2) is 8.38. The molecule has 0 saturated carbocycles. The summed E-state index contributed by atoms with van der Waals surface area (Å²) in [5.74, 6) is 0.577. The predicted octanol–water partition coefficient (Wildman–Crippen LogP) is 3.43. The molecule has 0 unspecified atom stereocenters. The maximum absolute atomic E-state index is 12.7. The SMILES string of the molecule is Cc1oc(-n2cccc2)c(C#N)c1C(=O)NCCCN1CCc2ccccc2C1. The molecule has 1 aliphatic rings. The fourth-order valence-electron chi connectivity index (χ4n) is 3.90. The first-order chi connectivity index (χ1) is 14.2. The average Bonchev–Trinajstić information content (AvgIpc) is 3.38. The van der Waals surface area contributed by atoms with Crippen LogP contribution in [0.25, 0.3) is 5.88 Å². The van der Waals surface area contributed by atoms with Gasteiger partial charge in [-0.15, -0.1) is 0 Å². The molecule has 3 aromatic rings. The Balaban J connectivity index is 1.33. The van der Waals surface area contributed by atoms with Crippen LogP contribution in [0.1, 0.15) is 39.2 Å². The van der Waals surface area contributed by atoms with Crippen molar-refractivity contribution in [2.45, 2.75) is 26.3 Å². The molecule has 29 heavy (non-hydrogen) atoms. The lowest BCUT2D eigenvalue weighted by Crippen LogP contribution is -2.33. The molecule has 0 aliphatic carbocycles. The first kappa shape index (κ1) is 19.0. The van der Waals surface area contributed by atoms with E-state index in [0.717, 1.165) is 32.5 Å². The number of nitriles is 1. The lowest BCUT2D eigenvalue weighted by Gasteiger charge is -2.28. The molecule has 6 nitrogen and oxygen atoms in total. The van der Waals surface area contributed by atoms with E-state index in [1.807, 2.05) is 12.1 Å². The number of carbonyl (C=O) groups excluding carboxylic acids is 1. The summed E-state index contributed by atoms with van der Waals surface area (Å²) in [6, 6.07) is 14.4. The number of rotatable bonds is 6. The highest BCUT2D eigenvalue weighted by molar-refractivity contribution is 5.98. The number of benzene rings is 1.